The molecule has 3 aromatic carbocycles. The molecule has 5 nitrogen and oxygen atoms in total. The summed E-state index contributed by atoms with van der Waals surface area (Å²) in [4.78, 5) is 29.1. The molecule has 1 spiro atoms. The molecule has 2 aliphatic rings. The van der Waals surface area contributed by atoms with Crippen LogP contribution in [-0.4, -0.2) is 29.1 Å². The van der Waals surface area contributed by atoms with Crippen molar-refractivity contribution < 1.29 is 14.0 Å². The van der Waals surface area contributed by atoms with Crippen molar-refractivity contribution in [1.29, 1.82) is 0 Å². The Hall–Kier alpha value is -3.32. The van der Waals surface area contributed by atoms with Crippen molar-refractivity contribution in [3.8, 4) is 0 Å². The van der Waals surface area contributed by atoms with Gasteiger partial charge in [-0.15, -0.1) is 11.8 Å². The van der Waals surface area contributed by atoms with E-state index in [0.717, 1.165) is 5.56 Å². The van der Waals surface area contributed by atoms with Crippen LogP contribution in [0.25, 0.3) is 0 Å². The highest BCUT2D eigenvalue weighted by molar-refractivity contribution is 8.01. The highest BCUT2D eigenvalue weighted by atomic mass is 32.2. The minimum atomic E-state index is -1.15. The van der Waals surface area contributed by atoms with E-state index in [-0.39, 0.29) is 24.3 Å². The maximum Gasteiger partial charge on any atom is 0.323 e. The lowest BCUT2D eigenvalue weighted by atomic mass is 10.1. The van der Waals surface area contributed by atoms with E-state index in [1.165, 1.54) is 17.8 Å². The second kappa shape index (κ2) is 7.74. The van der Waals surface area contributed by atoms with Gasteiger partial charge in [0.25, 0.3) is 5.91 Å². The Bertz CT molecular complexity index is 1160. The van der Waals surface area contributed by atoms with E-state index in [4.69, 9.17) is 0 Å². The van der Waals surface area contributed by atoms with E-state index >= 15 is 0 Å². The summed E-state index contributed by atoms with van der Waals surface area (Å²) in [6, 6.07) is 22.8. The number of carbonyl (C=O) groups excluding carboxylic acids is 2. The summed E-state index contributed by atoms with van der Waals surface area (Å²) in [6.45, 7) is 0.552. The van der Waals surface area contributed by atoms with Crippen molar-refractivity contribution in [2.45, 2.75) is 11.4 Å². The van der Waals surface area contributed by atoms with Gasteiger partial charge in [0.1, 0.15) is 5.82 Å². The number of halogens is 1. The number of hydrogen-bond donors (Lipinski definition) is 1. The maximum absolute atomic E-state index is 14.3. The fourth-order valence-electron chi connectivity index (χ4n) is 4.23. The Morgan fingerprint density at radius 3 is 2.52 bits per heavy atom. The fourth-order valence-corrected chi connectivity index (χ4v) is 5.70. The monoisotopic (exact) mass is 433 g/mol. The van der Waals surface area contributed by atoms with Gasteiger partial charge in [0, 0.05) is 29.1 Å². The van der Waals surface area contributed by atoms with Crippen molar-refractivity contribution in [2.75, 3.05) is 22.5 Å². The van der Waals surface area contributed by atoms with Crippen LogP contribution in [0.5, 0.6) is 0 Å². The lowest BCUT2D eigenvalue weighted by molar-refractivity contribution is -0.123. The molecule has 1 N–H and O–H groups in total. The Morgan fingerprint density at radius 2 is 1.71 bits per heavy atom. The van der Waals surface area contributed by atoms with Gasteiger partial charge in [-0.05, 0) is 24.3 Å². The quantitative estimate of drug-likeness (QED) is 0.645. The van der Waals surface area contributed by atoms with Gasteiger partial charge in [-0.3, -0.25) is 9.69 Å². The summed E-state index contributed by atoms with van der Waals surface area (Å²) >= 11 is 1.45. The second-order valence-corrected chi connectivity index (χ2v) is 8.73. The molecular weight excluding hydrogens is 413 g/mol. The molecule has 1 saturated heterocycles. The average molecular weight is 434 g/mol. The molecule has 3 aromatic rings. The summed E-state index contributed by atoms with van der Waals surface area (Å²) in [6.07, 6.45) is 0. The zero-order valence-electron chi connectivity index (χ0n) is 16.6. The van der Waals surface area contributed by atoms with E-state index in [2.05, 4.69) is 5.32 Å². The summed E-state index contributed by atoms with van der Waals surface area (Å²) in [5.41, 5.74) is 2.58. The minimum absolute atomic E-state index is 0.110. The number of benzene rings is 3. The topological polar surface area (TPSA) is 52.7 Å². The number of nitrogens with zero attached hydrogens (tertiary/aromatic N) is 2. The number of amides is 3. The number of carbonyl (C=O) groups is 2. The molecule has 2 heterocycles. The van der Waals surface area contributed by atoms with Gasteiger partial charge in [-0.2, -0.15) is 0 Å². The zero-order chi connectivity index (χ0) is 21.4. The van der Waals surface area contributed by atoms with Crippen LogP contribution in [0.15, 0.2) is 78.9 Å². The third-order valence-corrected chi connectivity index (χ3v) is 7.08. The lowest BCUT2D eigenvalue weighted by Gasteiger charge is -2.33. The van der Waals surface area contributed by atoms with Gasteiger partial charge in [0.15, 0.2) is 4.87 Å². The summed E-state index contributed by atoms with van der Waals surface area (Å²) in [7, 11) is 0. The first kappa shape index (κ1) is 19.6. The SMILES string of the molecule is O=C(Nc1ccccc1)N1CCS[C@]12C(=O)N(Cc1ccccc1F)c1ccccc12. The molecule has 3 amide bonds. The molecule has 0 saturated carbocycles. The Kier molecular flexibility index (Phi) is 4.90. The minimum Gasteiger partial charge on any atom is -0.308 e. The smallest absolute Gasteiger partial charge is 0.308 e. The summed E-state index contributed by atoms with van der Waals surface area (Å²) < 4.78 is 14.3. The number of fused-ring (bicyclic) bond motifs is 2. The molecule has 0 bridgehead atoms. The number of thioether (sulfide) groups is 1. The number of para-hydroxylation sites is 2. The van der Waals surface area contributed by atoms with Gasteiger partial charge in [-0.25, -0.2) is 9.18 Å². The van der Waals surface area contributed by atoms with Crippen LogP contribution < -0.4 is 10.2 Å². The van der Waals surface area contributed by atoms with Crippen molar-refractivity contribution >= 4 is 35.1 Å². The Morgan fingerprint density at radius 1 is 1.00 bits per heavy atom. The molecule has 1 atom stereocenters. The first-order chi connectivity index (χ1) is 15.1. The zero-order valence-corrected chi connectivity index (χ0v) is 17.4. The van der Waals surface area contributed by atoms with Crippen LogP contribution in [0.3, 0.4) is 0 Å². The molecule has 0 radical (unpaired) electrons. The van der Waals surface area contributed by atoms with E-state index in [9.17, 15) is 14.0 Å². The van der Waals surface area contributed by atoms with Crippen LogP contribution in [0, 0.1) is 5.82 Å². The van der Waals surface area contributed by atoms with Gasteiger partial charge in [0.05, 0.1) is 12.2 Å². The predicted molar refractivity (Wildman–Crippen MR) is 120 cm³/mol. The number of hydrogen-bond acceptors (Lipinski definition) is 3. The van der Waals surface area contributed by atoms with Crippen LogP contribution in [0.2, 0.25) is 0 Å². The van der Waals surface area contributed by atoms with E-state index < -0.39 is 4.87 Å². The van der Waals surface area contributed by atoms with Gasteiger partial charge in [-0.1, -0.05) is 54.6 Å². The Balaban J connectivity index is 1.53. The molecule has 7 heteroatoms. The summed E-state index contributed by atoms with van der Waals surface area (Å²) in [5.74, 6) is 0.0599. The normalized spacial score (nSPS) is 19.7. The first-order valence-corrected chi connectivity index (χ1v) is 11.0. The van der Waals surface area contributed by atoms with Gasteiger partial charge >= 0.3 is 6.03 Å². The third-order valence-electron chi connectivity index (χ3n) is 5.66. The van der Waals surface area contributed by atoms with E-state index in [1.807, 2.05) is 54.6 Å². The van der Waals surface area contributed by atoms with Gasteiger partial charge < -0.3 is 10.2 Å². The molecule has 0 unspecified atom stereocenters. The van der Waals surface area contributed by atoms with Crippen molar-refractivity contribution in [1.82, 2.24) is 4.90 Å². The van der Waals surface area contributed by atoms with Crippen molar-refractivity contribution in [3.05, 3.63) is 95.8 Å². The van der Waals surface area contributed by atoms with Crippen molar-refractivity contribution in [3.63, 3.8) is 0 Å². The third kappa shape index (κ3) is 3.16. The number of nitrogens with one attached hydrogen (secondary N) is 1. The average Bonchev–Trinajstić information content (AvgIpc) is 3.33. The molecule has 1 fully saturated rings. The van der Waals surface area contributed by atoms with E-state index in [1.54, 1.807) is 28.0 Å². The van der Waals surface area contributed by atoms with Crippen molar-refractivity contribution in [2.24, 2.45) is 0 Å². The Labute approximate surface area is 183 Å². The molecule has 156 valence electrons. The lowest BCUT2D eigenvalue weighted by Crippen LogP contribution is -2.51. The number of rotatable bonds is 3. The number of anilines is 2. The highest BCUT2D eigenvalue weighted by Crippen LogP contribution is 2.54. The first-order valence-electron chi connectivity index (χ1n) is 10.0. The number of urea groups is 1. The predicted octanol–water partition coefficient (Wildman–Crippen LogP) is 4.81. The summed E-state index contributed by atoms with van der Waals surface area (Å²) in [5, 5.41) is 2.90. The fraction of sp³-hybridized carbons (Fsp3) is 0.167. The highest BCUT2D eigenvalue weighted by Gasteiger charge is 2.59. The maximum atomic E-state index is 14.3. The second-order valence-electron chi connectivity index (χ2n) is 7.44. The van der Waals surface area contributed by atoms with Gasteiger partial charge in [0.2, 0.25) is 0 Å². The van der Waals surface area contributed by atoms with E-state index in [0.29, 0.717) is 29.2 Å². The molecule has 5 rings (SSSR count). The molecule has 31 heavy (non-hydrogen) atoms. The molecular formula is C24H20FN3O2S. The molecule has 0 aromatic heterocycles. The van der Waals surface area contributed by atoms with Crippen LogP contribution in [-0.2, 0) is 16.2 Å². The molecule has 2 aliphatic heterocycles. The standard InChI is InChI=1S/C24H20FN3O2S/c25-20-12-6-4-8-17(20)16-27-21-13-7-5-11-19(21)24(22(27)29)28(14-15-31-24)23(30)26-18-9-2-1-3-10-18/h1-13H,14-16H2,(H,26,30)/t24-/m1/s1. The largest absolute Gasteiger partial charge is 0.323 e. The molecule has 0 aliphatic carbocycles. The van der Waals surface area contributed by atoms with Crippen LogP contribution in [0.4, 0.5) is 20.6 Å². The van der Waals surface area contributed by atoms with Crippen LogP contribution >= 0.6 is 11.8 Å². The van der Waals surface area contributed by atoms with Crippen LogP contribution in [0.1, 0.15) is 11.1 Å².